The second kappa shape index (κ2) is 8.84. The fraction of sp³-hybridized carbons (Fsp3) is 0.120. The molecule has 0 saturated heterocycles. The zero-order valence-corrected chi connectivity index (χ0v) is 17.1. The quantitative estimate of drug-likeness (QED) is 0.419. The van der Waals surface area contributed by atoms with Crippen molar-refractivity contribution in [2.24, 2.45) is 0 Å². The van der Waals surface area contributed by atoms with Gasteiger partial charge in [-0.2, -0.15) is 0 Å². The molecule has 3 nitrogen and oxygen atoms in total. The number of rotatable bonds is 6. The van der Waals surface area contributed by atoms with E-state index in [-0.39, 0.29) is 5.91 Å². The molecule has 0 bridgehead atoms. The molecular formula is C25H22N2OS. The molecule has 0 fully saturated rings. The Kier molecular flexibility index (Phi) is 5.82. The lowest BCUT2D eigenvalue weighted by Gasteiger charge is -2.05. The number of nitrogens with one attached hydrogen (secondary N) is 1. The van der Waals surface area contributed by atoms with Crippen LogP contribution >= 0.6 is 11.3 Å². The highest BCUT2D eigenvalue weighted by molar-refractivity contribution is 7.14. The summed E-state index contributed by atoms with van der Waals surface area (Å²) in [7, 11) is 0. The maximum absolute atomic E-state index is 12.4. The lowest BCUT2D eigenvalue weighted by atomic mass is 10.0. The van der Waals surface area contributed by atoms with E-state index in [0.717, 1.165) is 28.8 Å². The van der Waals surface area contributed by atoms with Crippen molar-refractivity contribution in [3.63, 3.8) is 0 Å². The largest absolute Gasteiger partial charge is 0.302 e. The van der Waals surface area contributed by atoms with E-state index in [1.807, 2.05) is 35.7 Å². The Bertz CT molecular complexity index is 1080. The summed E-state index contributed by atoms with van der Waals surface area (Å²) in [6.07, 6.45) is 1.35. The summed E-state index contributed by atoms with van der Waals surface area (Å²) in [6.45, 7) is 2.14. The molecule has 1 amide bonds. The molecule has 4 aromatic rings. The summed E-state index contributed by atoms with van der Waals surface area (Å²) in [5.41, 5.74) is 6.56. The van der Waals surface area contributed by atoms with Gasteiger partial charge in [-0.15, -0.1) is 11.3 Å². The minimum absolute atomic E-state index is 0.0558. The van der Waals surface area contributed by atoms with Gasteiger partial charge in [-0.1, -0.05) is 85.8 Å². The lowest BCUT2D eigenvalue weighted by molar-refractivity contribution is -0.115. The molecule has 0 saturated carbocycles. The van der Waals surface area contributed by atoms with E-state index in [1.165, 1.54) is 22.5 Å². The number of hydrogen-bond donors (Lipinski definition) is 1. The molecule has 4 rings (SSSR count). The number of thiazole rings is 1. The molecule has 1 heterocycles. The van der Waals surface area contributed by atoms with Gasteiger partial charge in [0.25, 0.3) is 0 Å². The Hall–Kier alpha value is -3.24. The number of carbonyl (C=O) groups excluding carboxylic acids is 1. The van der Waals surface area contributed by atoms with Crippen LogP contribution in [0.15, 0.2) is 84.2 Å². The Morgan fingerprint density at radius 1 is 0.828 bits per heavy atom. The molecule has 0 aliphatic carbocycles. The Morgan fingerprint density at radius 3 is 2.14 bits per heavy atom. The summed E-state index contributed by atoms with van der Waals surface area (Å²) in [5.74, 6) is -0.0558. The van der Waals surface area contributed by atoms with Crippen molar-refractivity contribution in [2.45, 2.75) is 19.8 Å². The smallest absolute Gasteiger partial charge is 0.230 e. The van der Waals surface area contributed by atoms with Gasteiger partial charge in [-0.25, -0.2) is 4.98 Å². The van der Waals surface area contributed by atoms with E-state index >= 15 is 0 Å². The maximum Gasteiger partial charge on any atom is 0.230 e. The third-order valence-electron chi connectivity index (χ3n) is 4.83. The van der Waals surface area contributed by atoms with Gasteiger partial charge in [0.15, 0.2) is 5.13 Å². The van der Waals surface area contributed by atoms with E-state index in [0.29, 0.717) is 11.6 Å². The molecule has 3 aromatic carbocycles. The number of benzene rings is 3. The molecule has 0 aliphatic rings. The van der Waals surface area contributed by atoms with E-state index in [9.17, 15) is 4.79 Å². The van der Waals surface area contributed by atoms with Gasteiger partial charge in [0.1, 0.15) is 0 Å². The molecule has 29 heavy (non-hydrogen) atoms. The van der Waals surface area contributed by atoms with Crippen molar-refractivity contribution in [1.82, 2.24) is 4.98 Å². The number of hydrogen-bond acceptors (Lipinski definition) is 3. The van der Waals surface area contributed by atoms with Gasteiger partial charge in [-0.05, 0) is 28.7 Å². The predicted molar refractivity (Wildman–Crippen MR) is 121 cm³/mol. The van der Waals surface area contributed by atoms with Crippen molar-refractivity contribution < 1.29 is 4.79 Å². The predicted octanol–water partition coefficient (Wildman–Crippen LogP) is 6.22. The highest BCUT2D eigenvalue weighted by Gasteiger charge is 2.09. The van der Waals surface area contributed by atoms with Gasteiger partial charge in [0, 0.05) is 10.9 Å². The Labute approximate surface area is 175 Å². The zero-order valence-electron chi connectivity index (χ0n) is 16.3. The lowest BCUT2D eigenvalue weighted by Crippen LogP contribution is -2.14. The first-order valence-electron chi connectivity index (χ1n) is 9.70. The number of anilines is 1. The van der Waals surface area contributed by atoms with Crippen LogP contribution in [0.3, 0.4) is 0 Å². The third kappa shape index (κ3) is 4.79. The molecule has 4 heteroatoms. The van der Waals surface area contributed by atoms with Crippen molar-refractivity contribution in [3.8, 4) is 22.4 Å². The number of aromatic nitrogens is 1. The minimum Gasteiger partial charge on any atom is -0.302 e. The second-order valence-electron chi connectivity index (χ2n) is 6.88. The van der Waals surface area contributed by atoms with Gasteiger partial charge in [0.2, 0.25) is 5.91 Å². The summed E-state index contributed by atoms with van der Waals surface area (Å²) in [5, 5.41) is 5.53. The molecule has 0 unspecified atom stereocenters. The first-order valence-corrected chi connectivity index (χ1v) is 10.6. The van der Waals surface area contributed by atoms with Crippen LogP contribution < -0.4 is 5.32 Å². The van der Waals surface area contributed by atoms with Gasteiger partial charge >= 0.3 is 0 Å². The van der Waals surface area contributed by atoms with Crippen molar-refractivity contribution >= 4 is 22.4 Å². The highest BCUT2D eigenvalue weighted by atomic mass is 32.1. The standard InChI is InChI=1S/C25H22N2OS/c1-2-18-8-14-22(15-9-18)23-17-29-25(26-23)27-24(28)16-19-10-12-21(13-11-19)20-6-4-3-5-7-20/h3-15,17H,2,16H2,1H3,(H,26,27,28). The molecule has 1 aromatic heterocycles. The van der Waals surface area contributed by atoms with Crippen LogP contribution in [-0.2, 0) is 17.6 Å². The van der Waals surface area contributed by atoms with Crippen molar-refractivity contribution in [3.05, 3.63) is 95.4 Å². The maximum atomic E-state index is 12.4. The number of aryl methyl sites for hydroxylation is 1. The van der Waals surface area contributed by atoms with Crippen LogP contribution in [0, 0.1) is 0 Å². The van der Waals surface area contributed by atoms with Gasteiger partial charge in [-0.3, -0.25) is 4.79 Å². The van der Waals surface area contributed by atoms with Crippen LogP contribution in [0.25, 0.3) is 22.4 Å². The molecule has 0 radical (unpaired) electrons. The SMILES string of the molecule is CCc1ccc(-c2csc(NC(=O)Cc3ccc(-c4ccccc4)cc3)n2)cc1. The third-order valence-corrected chi connectivity index (χ3v) is 5.59. The average Bonchev–Trinajstić information content (AvgIpc) is 3.23. The topological polar surface area (TPSA) is 42.0 Å². The Balaban J connectivity index is 1.38. The minimum atomic E-state index is -0.0558. The van der Waals surface area contributed by atoms with Gasteiger partial charge in [0.05, 0.1) is 12.1 Å². The number of carbonyl (C=O) groups is 1. The number of nitrogens with zero attached hydrogens (tertiary/aromatic N) is 1. The first kappa shape index (κ1) is 19.1. The van der Waals surface area contributed by atoms with Crippen LogP contribution in [0.4, 0.5) is 5.13 Å². The van der Waals surface area contributed by atoms with Crippen LogP contribution in [0.5, 0.6) is 0 Å². The first-order chi connectivity index (χ1) is 14.2. The van der Waals surface area contributed by atoms with Crippen LogP contribution in [0.2, 0.25) is 0 Å². The molecule has 1 N–H and O–H groups in total. The summed E-state index contributed by atoms with van der Waals surface area (Å²) < 4.78 is 0. The summed E-state index contributed by atoms with van der Waals surface area (Å²) >= 11 is 1.45. The monoisotopic (exact) mass is 398 g/mol. The highest BCUT2D eigenvalue weighted by Crippen LogP contribution is 2.25. The number of amides is 1. The van der Waals surface area contributed by atoms with E-state index < -0.39 is 0 Å². The molecule has 0 spiro atoms. The fourth-order valence-electron chi connectivity index (χ4n) is 3.17. The molecule has 0 atom stereocenters. The van der Waals surface area contributed by atoms with E-state index in [4.69, 9.17) is 0 Å². The second-order valence-corrected chi connectivity index (χ2v) is 7.73. The van der Waals surface area contributed by atoms with Crippen LogP contribution in [0.1, 0.15) is 18.1 Å². The fourth-order valence-corrected chi connectivity index (χ4v) is 3.91. The van der Waals surface area contributed by atoms with Crippen molar-refractivity contribution in [2.75, 3.05) is 5.32 Å². The van der Waals surface area contributed by atoms with Gasteiger partial charge < -0.3 is 5.32 Å². The zero-order chi connectivity index (χ0) is 20.1. The van der Waals surface area contributed by atoms with E-state index in [2.05, 4.69) is 65.8 Å². The summed E-state index contributed by atoms with van der Waals surface area (Å²) in [4.78, 5) is 17.0. The Morgan fingerprint density at radius 2 is 1.45 bits per heavy atom. The normalized spacial score (nSPS) is 10.7. The molecule has 0 aliphatic heterocycles. The van der Waals surface area contributed by atoms with Crippen LogP contribution in [-0.4, -0.2) is 10.9 Å². The van der Waals surface area contributed by atoms with Crippen molar-refractivity contribution in [1.29, 1.82) is 0 Å². The van der Waals surface area contributed by atoms with E-state index in [1.54, 1.807) is 0 Å². The molecular weight excluding hydrogens is 376 g/mol. The average molecular weight is 399 g/mol. The molecule has 144 valence electrons. The summed E-state index contributed by atoms with van der Waals surface area (Å²) in [6, 6.07) is 26.7.